The van der Waals surface area contributed by atoms with E-state index in [4.69, 9.17) is 5.73 Å². The van der Waals surface area contributed by atoms with Crippen molar-refractivity contribution in [2.24, 2.45) is 11.1 Å². The summed E-state index contributed by atoms with van der Waals surface area (Å²) in [5.41, 5.74) is 5.44. The van der Waals surface area contributed by atoms with Gasteiger partial charge in [-0.15, -0.1) is 0 Å². The van der Waals surface area contributed by atoms with Crippen LogP contribution in [0.2, 0.25) is 0 Å². The van der Waals surface area contributed by atoms with Gasteiger partial charge in [0.25, 0.3) is 0 Å². The first kappa shape index (κ1) is 9.52. The molecule has 1 aliphatic heterocycles. The number of carbonyl (C=O) groups is 1. The average Bonchev–Trinajstić information content (AvgIpc) is 2.35. The summed E-state index contributed by atoms with van der Waals surface area (Å²) in [7, 11) is 1.86. The SMILES string of the molecule is CCC[C@@]1(CN)CCN(C)C1=O. The van der Waals surface area contributed by atoms with Crippen LogP contribution in [0.1, 0.15) is 26.2 Å². The Balaban J connectivity index is 2.73. The first-order valence-electron chi connectivity index (χ1n) is 4.62. The molecule has 1 aliphatic rings. The van der Waals surface area contributed by atoms with Crippen molar-refractivity contribution in [3.05, 3.63) is 0 Å². The van der Waals surface area contributed by atoms with Crippen LogP contribution in [0, 0.1) is 5.41 Å². The molecule has 1 heterocycles. The summed E-state index contributed by atoms with van der Waals surface area (Å²) in [6.07, 6.45) is 2.91. The number of likely N-dealkylation sites (tertiary alicyclic amines) is 1. The second kappa shape index (κ2) is 3.44. The van der Waals surface area contributed by atoms with Gasteiger partial charge >= 0.3 is 0 Å². The minimum absolute atomic E-state index is 0.219. The van der Waals surface area contributed by atoms with Gasteiger partial charge in [0, 0.05) is 20.1 Å². The number of hydrogen-bond donors (Lipinski definition) is 1. The Morgan fingerprint density at radius 1 is 1.67 bits per heavy atom. The molecular weight excluding hydrogens is 152 g/mol. The van der Waals surface area contributed by atoms with Crippen molar-refractivity contribution in [2.45, 2.75) is 26.2 Å². The highest BCUT2D eigenvalue weighted by Crippen LogP contribution is 2.34. The van der Waals surface area contributed by atoms with E-state index in [9.17, 15) is 4.79 Å². The van der Waals surface area contributed by atoms with Crippen molar-refractivity contribution in [1.29, 1.82) is 0 Å². The number of nitrogens with zero attached hydrogens (tertiary/aromatic N) is 1. The predicted octanol–water partition coefficient (Wildman–Crippen LogP) is 0.594. The Morgan fingerprint density at radius 3 is 2.67 bits per heavy atom. The molecule has 0 bridgehead atoms. The van der Waals surface area contributed by atoms with E-state index in [-0.39, 0.29) is 11.3 Å². The fraction of sp³-hybridized carbons (Fsp3) is 0.889. The van der Waals surface area contributed by atoms with E-state index in [0.717, 1.165) is 25.8 Å². The molecular formula is C9H18N2O. The van der Waals surface area contributed by atoms with Crippen molar-refractivity contribution in [3.63, 3.8) is 0 Å². The van der Waals surface area contributed by atoms with Gasteiger partial charge in [-0.3, -0.25) is 4.79 Å². The van der Waals surface area contributed by atoms with E-state index in [0.29, 0.717) is 6.54 Å². The summed E-state index contributed by atoms with van der Waals surface area (Å²) in [5.74, 6) is 0.242. The second-order valence-corrected chi connectivity index (χ2v) is 3.71. The Morgan fingerprint density at radius 2 is 2.33 bits per heavy atom. The van der Waals surface area contributed by atoms with E-state index in [2.05, 4.69) is 6.92 Å². The molecule has 0 aromatic rings. The summed E-state index contributed by atoms with van der Waals surface area (Å²) in [4.78, 5) is 13.5. The Kier molecular flexibility index (Phi) is 2.73. The topological polar surface area (TPSA) is 46.3 Å². The smallest absolute Gasteiger partial charge is 0.229 e. The molecule has 2 N–H and O–H groups in total. The van der Waals surface area contributed by atoms with E-state index in [1.165, 1.54) is 0 Å². The Labute approximate surface area is 73.9 Å². The molecule has 0 unspecified atom stereocenters. The lowest BCUT2D eigenvalue weighted by atomic mass is 9.82. The summed E-state index contributed by atoms with van der Waals surface area (Å²) in [5, 5.41) is 0. The maximum absolute atomic E-state index is 11.7. The molecule has 0 spiro atoms. The second-order valence-electron chi connectivity index (χ2n) is 3.71. The maximum atomic E-state index is 11.7. The average molecular weight is 170 g/mol. The van der Waals surface area contributed by atoms with Crippen LogP contribution >= 0.6 is 0 Å². The molecule has 1 atom stereocenters. The third-order valence-electron chi connectivity index (χ3n) is 2.85. The fourth-order valence-corrected chi connectivity index (χ4v) is 2.00. The van der Waals surface area contributed by atoms with Crippen molar-refractivity contribution in [1.82, 2.24) is 4.90 Å². The lowest BCUT2D eigenvalue weighted by Crippen LogP contribution is -2.38. The molecule has 3 nitrogen and oxygen atoms in total. The zero-order valence-electron chi connectivity index (χ0n) is 7.97. The quantitative estimate of drug-likeness (QED) is 0.674. The fourth-order valence-electron chi connectivity index (χ4n) is 2.00. The molecule has 1 amide bonds. The van der Waals surface area contributed by atoms with Gasteiger partial charge in [0.2, 0.25) is 5.91 Å². The highest BCUT2D eigenvalue weighted by atomic mass is 16.2. The summed E-state index contributed by atoms with van der Waals surface area (Å²) < 4.78 is 0. The van der Waals surface area contributed by atoms with Crippen molar-refractivity contribution in [2.75, 3.05) is 20.1 Å². The molecule has 0 aromatic carbocycles. The van der Waals surface area contributed by atoms with Crippen molar-refractivity contribution in [3.8, 4) is 0 Å². The van der Waals surface area contributed by atoms with Crippen LogP contribution in [0.5, 0.6) is 0 Å². The summed E-state index contributed by atoms with van der Waals surface area (Å²) >= 11 is 0. The minimum atomic E-state index is -0.219. The number of hydrogen-bond acceptors (Lipinski definition) is 2. The van der Waals surface area contributed by atoms with Gasteiger partial charge in [0.15, 0.2) is 0 Å². The molecule has 0 aliphatic carbocycles. The lowest BCUT2D eigenvalue weighted by Gasteiger charge is -2.24. The van der Waals surface area contributed by atoms with E-state index in [1.807, 2.05) is 7.05 Å². The molecule has 0 aromatic heterocycles. The monoisotopic (exact) mass is 170 g/mol. The van der Waals surface area contributed by atoms with Gasteiger partial charge in [0.05, 0.1) is 5.41 Å². The first-order chi connectivity index (χ1) is 5.66. The van der Waals surface area contributed by atoms with Crippen LogP contribution in [0.4, 0.5) is 0 Å². The number of amides is 1. The van der Waals surface area contributed by atoms with Gasteiger partial charge < -0.3 is 10.6 Å². The van der Waals surface area contributed by atoms with E-state index < -0.39 is 0 Å². The first-order valence-corrected chi connectivity index (χ1v) is 4.62. The Hall–Kier alpha value is -0.570. The number of carbonyl (C=O) groups excluding carboxylic acids is 1. The number of rotatable bonds is 3. The summed E-state index contributed by atoms with van der Waals surface area (Å²) in [6.45, 7) is 3.48. The zero-order chi connectivity index (χ0) is 9.19. The third kappa shape index (κ3) is 1.33. The van der Waals surface area contributed by atoms with Gasteiger partial charge in [-0.2, -0.15) is 0 Å². The van der Waals surface area contributed by atoms with Crippen LogP contribution in [-0.2, 0) is 4.79 Å². The Bertz CT molecular complexity index is 177. The number of nitrogens with two attached hydrogens (primary N) is 1. The van der Waals surface area contributed by atoms with Gasteiger partial charge in [-0.1, -0.05) is 13.3 Å². The predicted molar refractivity (Wildman–Crippen MR) is 48.6 cm³/mol. The molecule has 1 fully saturated rings. The minimum Gasteiger partial charge on any atom is -0.345 e. The van der Waals surface area contributed by atoms with Crippen LogP contribution < -0.4 is 5.73 Å². The zero-order valence-corrected chi connectivity index (χ0v) is 7.97. The lowest BCUT2D eigenvalue weighted by molar-refractivity contribution is -0.134. The van der Waals surface area contributed by atoms with Crippen LogP contribution in [0.15, 0.2) is 0 Å². The van der Waals surface area contributed by atoms with E-state index in [1.54, 1.807) is 4.90 Å². The molecule has 1 saturated heterocycles. The molecule has 0 radical (unpaired) electrons. The van der Waals surface area contributed by atoms with Crippen LogP contribution in [-0.4, -0.2) is 30.9 Å². The molecule has 12 heavy (non-hydrogen) atoms. The molecule has 3 heteroatoms. The highest BCUT2D eigenvalue weighted by Gasteiger charge is 2.43. The van der Waals surface area contributed by atoms with Crippen molar-refractivity contribution >= 4 is 5.91 Å². The van der Waals surface area contributed by atoms with Gasteiger partial charge in [-0.05, 0) is 12.8 Å². The maximum Gasteiger partial charge on any atom is 0.229 e. The van der Waals surface area contributed by atoms with Crippen LogP contribution in [0.25, 0.3) is 0 Å². The third-order valence-corrected chi connectivity index (χ3v) is 2.85. The molecule has 1 rings (SSSR count). The molecule has 0 saturated carbocycles. The van der Waals surface area contributed by atoms with Gasteiger partial charge in [0.1, 0.15) is 0 Å². The van der Waals surface area contributed by atoms with Crippen molar-refractivity contribution < 1.29 is 4.79 Å². The van der Waals surface area contributed by atoms with Crippen LogP contribution in [0.3, 0.4) is 0 Å². The molecule has 70 valence electrons. The standard InChI is InChI=1S/C9H18N2O/c1-3-4-9(7-10)5-6-11(2)8(9)12/h3-7,10H2,1-2H3/t9-/m0/s1. The highest BCUT2D eigenvalue weighted by molar-refractivity contribution is 5.84. The normalized spacial score (nSPS) is 29.9. The van der Waals surface area contributed by atoms with E-state index >= 15 is 0 Å². The summed E-state index contributed by atoms with van der Waals surface area (Å²) in [6, 6.07) is 0. The largest absolute Gasteiger partial charge is 0.345 e. The van der Waals surface area contributed by atoms with Gasteiger partial charge in [-0.25, -0.2) is 0 Å².